The molecule has 2 saturated heterocycles. The number of unbranched alkanes of at least 4 members (excludes halogenated alkanes) is 43. The summed E-state index contributed by atoms with van der Waals surface area (Å²) in [6.45, 7) is 2.92. The molecule has 0 radical (unpaired) electrons. The first-order valence-corrected chi connectivity index (χ1v) is 33.8. The van der Waals surface area contributed by atoms with Crippen LogP contribution < -0.4 is 5.32 Å². The quantitative estimate of drug-likeness (QED) is 0.0259. The summed E-state index contributed by atoms with van der Waals surface area (Å²) in [6.07, 6.45) is 42.5. The van der Waals surface area contributed by atoms with Crippen LogP contribution in [0.3, 0.4) is 0 Å². The van der Waals surface area contributed by atoms with E-state index in [1.807, 2.05) is 0 Å². The second-order valence-electron chi connectivity index (χ2n) is 24.3. The number of nitrogens with one attached hydrogen (secondary N) is 1. The van der Waals surface area contributed by atoms with E-state index < -0.39 is 86.8 Å². The molecule has 0 aromatic rings. The lowest BCUT2D eigenvalue weighted by molar-refractivity contribution is -0.359. The lowest BCUT2D eigenvalue weighted by atomic mass is 9.97. The van der Waals surface area contributed by atoms with E-state index in [2.05, 4.69) is 19.2 Å². The Morgan fingerprint density at radius 3 is 1.08 bits per heavy atom. The average Bonchev–Trinajstić information content (AvgIpc) is 3.47. The molecule has 0 aromatic heterocycles. The molecular weight excluding hydrogens is 1000 g/mol. The number of ether oxygens (including phenoxy) is 4. The summed E-state index contributed by atoms with van der Waals surface area (Å²) in [5.74, 6) is -0.198. The van der Waals surface area contributed by atoms with Crippen LogP contribution in [0, 0.1) is 0 Å². The highest BCUT2D eigenvalue weighted by Crippen LogP contribution is 2.30. The Morgan fingerprint density at radius 1 is 0.405 bits per heavy atom. The average molecular weight is 1130 g/mol. The Balaban J connectivity index is 1.69. The zero-order valence-electron chi connectivity index (χ0n) is 50.9. The van der Waals surface area contributed by atoms with Crippen molar-refractivity contribution >= 4 is 5.91 Å². The van der Waals surface area contributed by atoms with E-state index >= 15 is 0 Å². The molecule has 470 valence electrons. The van der Waals surface area contributed by atoms with Crippen LogP contribution in [-0.4, -0.2) is 140 Å². The maximum atomic E-state index is 13.3. The second-order valence-corrected chi connectivity index (χ2v) is 24.3. The standard InChI is InChI=1S/C65H127NO13/c1-3-5-7-9-11-13-15-17-19-21-23-25-26-27-29-31-33-35-37-39-41-43-45-47-49-57(70)66-53(54(69)48-46-44-42-40-38-36-34-32-30-28-24-22-20-18-16-14-12-10-8-6-4-2)52-76-64-62(75)60(73)63(56(51-68)78-64)79-65-61(74)59(72)58(71)55(50-67)77-65/h53-56,58-65,67-69,71-75H,3-52H2,1-2H3,(H,66,70). The molecule has 0 saturated carbocycles. The second kappa shape index (κ2) is 51.4. The van der Waals surface area contributed by atoms with E-state index in [9.17, 15) is 45.6 Å². The first kappa shape index (κ1) is 74.1. The number of carbonyl (C=O) groups excluding carboxylic acids is 1. The lowest BCUT2D eigenvalue weighted by Gasteiger charge is -2.46. The molecule has 12 atom stereocenters. The van der Waals surface area contributed by atoms with Gasteiger partial charge in [-0.05, 0) is 12.8 Å². The zero-order chi connectivity index (χ0) is 57.4. The molecule has 14 nitrogen and oxygen atoms in total. The number of amides is 1. The summed E-state index contributed by atoms with van der Waals surface area (Å²) in [4.78, 5) is 13.3. The first-order valence-electron chi connectivity index (χ1n) is 33.8. The number of rotatable bonds is 56. The SMILES string of the molecule is CCCCCCCCCCCCCCCCCCCCCCCCCCC(=O)NC(COC1OC(CO)C(OC2OC(CO)C(O)C(O)C2O)C(O)C1O)C(O)CCCCCCCCCCCCCCCCCCCCCCC. The maximum absolute atomic E-state index is 13.3. The topological polar surface area (TPSA) is 228 Å². The number of hydrogen-bond acceptors (Lipinski definition) is 13. The van der Waals surface area contributed by atoms with Gasteiger partial charge in [0, 0.05) is 6.42 Å². The summed E-state index contributed by atoms with van der Waals surface area (Å²) in [5.41, 5.74) is 0. The van der Waals surface area contributed by atoms with E-state index in [4.69, 9.17) is 18.9 Å². The third-order valence-corrected chi connectivity index (χ3v) is 17.1. The van der Waals surface area contributed by atoms with Crippen molar-refractivity contribution in [1.82, 2.24) is 5.32 Å². The van der Waals surface area contributed by atoms with Crippen molar-refractivity contribution in [3.05, 3.63) is 0 Å². The molecule has 2 rings (SSSR count). The normalized spacial score (nSPS) is 24.3. The largest absolute Gasteiger partial charge is 0.394 e. The lowest BCUT2D eigenvalue weighted by Crippen LogP contribution is -2.65. The van der Waals surface area contributed by atoms with E-state index in [1.165, 1.54) is 238 Å². The summed E-state index contributed by atoms with van der Waals surface area (Å²) in [6, 6.07) is -0.824. The molecular formula is C65H127NO13. The van der Waals surface area contributed by atoms with Gasteiger partial charge >= 0.3 is 0 Å². The molecule has 2 aliphatic heterocycles. The fourth-order valence-electron chi connectivity index (χ4n) is 11.7. The van der Waals surface area contributed by atoms with Gasteiger partial charge in [0.15, 0.2) is 12.6 Å². The minimum atomic E-state index is -1.78. The van der Waals surface area contributed by atoms with Crippen LogP contribution in [0.1, 0.15) is 316 Å². The van der Waals surface area contributed by atoms with Crippen LogP contribution in [0.15, 0.2) is 0 Å². The molecule has 0 aromatic carbocycles. The van der Waals surface area contributed by atoms with Gasteiger partial charge in [-0.25, -0.2) is 0 Å². The fourth-order valence-corrected chi connectivity index (χ4v) is 11.7. The maximum Gasteiger partial charge on any atom is 0.220 e. The highest BCUT2D eigenvalue weighted by atomic mass is 16.7. The summed E-state index contributed by atoms with van der Waals surface area (Å²) >= 11 is 0. The smallest absolute Gasteiger partial charge is 0.220 e. The van der Waals surface area contributed by atoms with Crippen molar-refractivity contribution in [3.63, 3.8) is 0 Å². The summed E-state index contributed by atoms with van der Waals surface area (Å²) < 4.78 is 22.9. The van der Waals surface area contributed by atoms with Gasteiger partial charge in [0.05, 0.1) is 32.0 Å². The third-order valence-electron chi connectivity index (χ3n) is 17.1. The number of aliphatic hydroxyl groups is 8. The molecule has 1 amide bonds. The van der Waals surface area contributed by atoms with E-state index in [1.54, 1.807) is 0 Å². The Hall–Kier alpha value is -1.01. The summed E-state index contributed by atoms with van der Waals surface area (Å²) in [5, 5.41) is 87.5. The Bertz CT molecular complexity index is 1330. The van der Waals surface area contributed by atoms with Crippen molar-refractivity contribution in [2.75, 3.05) is 19.8 Å². The van der Waals surface area contributed by atoms with E-state index in [0.29, 0.717) is 12.8 Å². The molecule has 2 fully saturated rings. The van der Waals surface area contributed by atoms with Crippen LogP contribution in [0.25, 0.3) is 0 Å². The van der Waals surface area contributed by atoms with Crippen LogP contribution in [-0.2, 0) is 23.7 Å². The molecule has 9 N–H and O–H groups in total. The molecule has 79 heavy (non-hydrogen) atoms. The molecule has 2 heterocycles. The highest BCUT2D eigenvalue weighted by molar-refractivity contribution is 5.76. The van der Waals surface area contributed by atoms with Gasteiger partial charge in [0.2, 0.25) is 5.91 Å². The minimum absolute atomic E-state index is 0.198. The molecule has 0 aliphatic carbocycles. The van der Waals surface area contributed by atoms with Crippen molar-refractivity contribution in [2.45, 2.75) is 389 Å². The molecule has 12 unspecified atom stereocenters. The highest BCUT2D eigenvalue weighted by Gasteiger charge is 2.51. The predicted octanol–water partition coefficient (Wildman–Crippen LogP) is 12.8. The van der Waals surface area contributed by atoms with Gasteiger partial charge in [-0.2, -0.15) is 0 Å². The van der Waals surface area contributed by atoms with E-state index in [0.717, 1.165) is 51.4 Å². The van der Waals surface area contributed by atoms with Gasteiger partial charge in [-0.15, -0.1) is 0 Å². The van der Waals surface area contributed by atoms with E-state index in [-0.39, 0.29) is 12.5 Å². The molecule has 14 heteroatoms. The van der Waals surface area contributed by atoms with Crippen molar-refractivity contribution in [2.24, 2.45) is 0 Å². The molecule has 0 bridgehead atoms. The number of carbonyl (C=O) groups is 1. The number of aliphatic hydroxyl groups excluding tert-OH is 8. The van der Waals surface area contributed by atoms with Gasteiger partial charge in [0.1, 0.15) is 48.8 Å². The van der Waals surface area contributed by atoms with Crippen LogP contribution >= 0.6 is 0 Å². The predicted molar refractivity (Wildman–Crippen MR) is 319 cm³/mol. The summed E-state index contributed by atoms with van der Waals surface area (Å²) in [7, 11) is 0. The molecule has 0 spiro atoms. The number of hydrogen-bond donors (Lipinski definition) is 9. The minimum Gasteiger partial charge on any atom is -0.394 e. The van der Waals surface area contributed by atoms with Crippen molar-refractivity contribution < 1.29 is 64.6 Å². The van der Waals surface area contributed by atoms with Crippen LogP contribution in [0.4, 0.5) is 0 Å². The Kier molecular flexibility index (Phi) is 48.2. The zero-order valence-corrected chi connectivity index (χ0v) is 50.9. The fraction of sp³-hybridized carbons (Fsp3) is 0.985. The molecule has 2 aliphatic rings. The van der Waals surface area contributed by atoms with Gasteiger partial charge in [-0.1, -0.05) is 296 Å². The third kappa shape index (κ3) is 36.4. The monoisotopic (exact) mass is 1130 g/mol. The Morgan fingerprint density at radius 2 is 0.722 bits per heavy atom. The van der Waals surface area contributed by atoms with Crippen LogP contribution in [0.5, 0.6) is 0 Å². The van der Waals surface area contributed by atoms with Crippen molar-refractivity contribution in [1.29, 1.82) is 0 Å². The van der Waals surface area contributed by atoms with Crippen molar-refractivity contribution in [3.8, 4) is 0 Å². The van der Waals surface area contributed by atoms with Gasteiger partial charge in [-0.3, -0.25) is 4.79 Å². The van der Waals surface area contributed by atoms with Crippen LogP contribution in [0.2, 0.25) is 0 Å². The first-order chi connectivity index (χ1) is 38.6. The Labute approximate surface area is 483 Å². The van der Waals surface area contributed by atoms with Gasteiger partial charge in [0.25, 0.3) is 0 Å². The van der Waals surface area contributed by atoms with Gasteiger partial charge < -0.3 is 65.1 Å².